The molecule has 0 spiro atoms. The number of hydrogen-bond donors (Lipinski definition) is 0. The Balaban J connectivity index is 0.000000164. The second-order valence-electron chi connectivity index (χ2n) is 4.84. The number of rotatable bonds is 3. The average Bonchev–Trinajstić information content (AvgIpc) is 2.64. The highest BCUT2D eigenvalue weighted by Gasteiger charge is 1.95. The molecule has 0 amide bonds. The fraction of sp³-hybridized carbons (Fsp3) is 0.211. The minimum Gasteiger partial charge on any atom is -0.264 e. The Hall–Kier alpha value is -2.55. The molecule has 0 N–H and O–H groups in total. The summed E-state index contributed by atoms with van der Waals surface area (Å²) in [6, 6.07) is 13.8. The summed E-state index contributed by atoms with van der Waals surface area (Å²) in [7, 11) is 0. The zero-order valence-corrected chi connectivity index (χ0v) is 13.1. The largest absolute Gasteiger partial charge is 0.264 e. The van der Waals surface area contributed by atoms with Gasteiger partial charge in [0.2, 0.25) is 0 Å². The van der Waals surface area contributed by atoms with Crippen molar-refractivity contribution in [1.29, 1.82) is 0 Å². The molecule has 0 radical (unpaired) electrons. The van der Waals surface area contributed by atoms with E-state index in [1.54, 1.807) is 12.4 Å². The monoisotopic (exact) mass is 291 g/mol. The lowest BCUT2D eigenvalue weighted by Gasteiger charge is -1.97. The van der Waals surface area contributed by atoms with Crippen LogP contribution in [0.2, 0.25) is 0 Å². The van der Waals surface area contributed by atoms with Crippen LogP contribution in [0, 0.1) is 0 Å². The Kier molecular flexibility index (Phi) is 6.24. The molecule has 0 aromatic carbocycles. The van der Waals surface area contributed by atoms with Crippen LogP contribution in [0.25, 0.3) is 11.4 Å². The van der Waals surface area contributed by atoms with E-state index in [9.17, 15) is 0 Å². The summed E-state index contributed by atoms with van der Waals surface area (Å²) in [6.07, 6.45) is 9.56. The number of nitrogens with zero attached hydrogens (tertiary/aromatic N) is 3. The van der Waals surface area contributed by atoms with Crippen molar-refractivity contribution in [2.24, 2.45) is 0 Å². The Morgan fingerprint density at radius 3 is 1.59 bits per heavy atom. The quantitative estimate of drug-likeness (QED) is 0.720. The number of hydrogen-bond acceptors (Lipinski definition) is 3. The van der Waals surface area contributed by atoms with E-state index in [1.165, 1.54) is 11.1 Å². The summed E-state index contributed by atoms with van der Waals surface area (Å²) in [5, 5.41) is 0. The standard InChI is InChI=1S/C10H8N2.C9H13N/c1-3-7-11-9(5-1)10-6-2-4-8-12-10;1-3-8-5-9(4-2)7-10-6-8/h1-8H;5-7H,3-4H2,1-2H3. The van der Waals surface area contributed by atoms with E-state index in [2.05, 4.69) is 34.9 Å². The zero-order chi connectivity index (χ0) is 15.6. The van der Waals surface area contributed by atoms with Crippen LogP contribution >= 0.6 is 0 Å². The van der Waals surface area contributed by atoms with E-state index >= 15 is 0 Å². The maximum Gasteiger partial charge on any atom is 0.0886 e. The molecule has 0 aliphatic carbocycles. The van der Waals surface area contributed by atoms with E-state index in [-0.39, 0.29) is 0 Å². The second kappa shape index (κ2) is 8.67. The Morgan fingerprint density at radius 2 is 1.23 bits per heavy atom. The van der Waals surface area contributed by atoms with Gasteiger partial charge in [0, 0.05) is 24.8 Å². The summed E-state index contributed by atoms with van der Waals surface area (Å²) >= 11 is 0. The van der Waals surface area contributed by atoms with Gasteiger partial charge in [-0.1, -0.05) is 32.0 Å². The lowest BCUT2D eigenvalue weighted by molar-refractivity contribution is 1.04. The molecule has 0 atom stereocenters. The van der Waals surface area contributed by atoms with E-state index in [0.717, 1.165) is 24.2 Å². The molecule has 3 aromatic rings. The molecular weight excluding hydrogens is 270 g/mol. The van der Waals surface area contributed by atoms with E-state index in [4.69, 9.17) is 0 Å². The second-order valence-corrected chi connectivity index (χ2v) is 4.84. The van der Waals surface area contributed by atoms with Crippen LogP contribution in [0.5, 0.6) is 0 Å². The van der Waals surface area contributed by atoms with Gasteiger partial charge in [0.05, 0.1) is 11.4 Å². The summed E-state index contributed by atoms with van der Waals surface area (Å²) in [5.41, 5.74) is 4.50. The van der Waals surface area contributed by atoms with Crippen molar-refractivity contribution in [3.63, 3.8) is 0 Å². The predicted molar refractivity (Wildman–Crippen MR) is 90.5 cm³/mol. The Morgan fingerprint density at radius 1 is 0.727 bits per heavy atom. The molecular formula is C19H21N3. The Labute approximate surface area is 132 Å². The third kappa shape index (κ3) is 4.77. The molecule has 3 heterocycles. The van der Waals surface area contributed by atoms with Gasteiger partial charge in [0.1, 0.15) is 0 Å². The highest BCUT2D eigenvalue weighted by atomic mass is 14.7. The van der Waals surface area contributed by atoms with Gasteiger partial charge in [-0.2, -0.15) is 0 Å². The molecule has 0 unspecified atom stereocenters. The first-order valence-electron chi connectivity index (χ1n) is 7.58. The molecule has 3 nitrogen and oxygen atoms in total. The fourth-order valence-electron chi connectivity index (χ4n) is 1.96. The molecule has 3 rings (SSSR count). The molecule has 0 fully saturated rings. The molecule has 3 aromatic heterocycles. The highest BCUT2D eigenvalue weighted by molar-refractivity contribution is 5.52. The van der Waals surface area contributed by atoms with Gasteiger partial charge in [0.15, 0.2) is 0 Å². The van der Waals surface area contributed by atoms with Gasteiger partial charge in [-0.15, -0.1) is 0 Å². The van der Waals surface area contributed by atoms with Crippen LogP contribution < -0.4 is 0 Å². The van der Waals surface area contributed by atoms with Crippen LogP contribution in [0.4, 0.5) is 0 Å². The fourth-order valence-corrected chi connectivity index (χ4v) is 1.96. The first-order chi connectivity index (χ1) is 10.8. The van der Waals surface area contributed by atoms with Crippen molar-refractivity contribution in [3.8, 4) is 11.4 Å². The molecule has 0 saturated carbocycles. The van der Waals surface area contributed by atoms with Crippen LogP contribution in [0.1, 0.15) is 25.0 Å². The van der Waals surface area contributed by atoms with Gasteiger partial charge >= 0.3 is 0 Å². The van der Waals surface area contributed by atoms with Gasteiger partial charge in [-0.05, 0) is 48.2 Å². The average molecular weight is 291 g/mol. The summed E-state index contributed by atoms with van der Waals surface area (Å²) in [6.45, 7) is 4.30. The minimum absolute atomic E-state index is 0.915. The third-order valence-corrected chi connectivity index (χ3v) is 3.26. The van der Waals surface area contributed by atoms with Gasteiger partial charge < -0.3 is 0 Å². The third-order valence-electron chi connectivity index (χ3n) is 3.26. The number of aromatic nitrogens is 3. The van der Waals surface area contributed by atoms with Crippen LogP contribution in [0.15, 0.2) is 67.3 Å². The Bertz CT molecular complexity index is 610. The van der Waals surface area contributed by atoms with Crippen molar-refractivity contribution >= 4 is 0 Å². The molecule has 0 aliphatic rings. The minimum atomic E-state index is 0.915. The topological polar surface area (TPSA) is 38.7 Å². The molecule has 0 aliphatic heterocycles. The first kappa shape index (κ1) is 15.8. The van der Waals surface area contributed by atoms with Crippen molar-refractivity contribution in [2.75, 3.05) is 0 Å². The van der Waals surface area contributed by atoms with Gasteiger partial charge in [0.25, 0.3) is 0 Å². The lowest BCUT2D eigenvalue weighted by atomic mass is 10.1. The summed E-state index contributed by atoms with van der Waals surface area (Å²) in [4.78, 5) is 12.5. The smallest absolute Gasteiger partial charge is 0.0886 e. The van der Waals surface area contributed by atoms with E-state index in [0.29, 0.717) is 0 Å². The maximum absolute atomic E-state index is 4.19. The summed E-state index contributed by atoms with van der Waals surface area (Å²) in [5.74, 6) is 0. The molecule has 0 bridgehead atoms. The molecule has 112 valence electrons. The van der Waals surface area contributed by atoms with Gasteiger partial charge in [-0.25, -0.2) is 0 Å². The normalized spacial score (nSPS) is 9.73. The molecule has 3 heteroatoms. The van der Waals surface area contributed by atoms with Crippen molar-refractivity contribution in [1.82, 2.24) is 15.0 Å². The van der Waals surface area contributed by atoms with Crippen molar-refractivity contribution < 1.29 is 0 Å². The van der Waals surface area contributed by atoms with E-state index < -0.39 is 0 Å². The molecule has 0 saturated heterocycles. The van der Waals surface area contributed by atoms with Crippen molar-refractivity contribution in [3.05, 3.63) is 78.4 Å². The predicted octanol–water partition coefficient (Wildman–Crippen LogP) is 4.35. The van der Waals surface area contributed by atoms with Crippen LogP contribution in [0.3, 0.4) is 0 Å². The van der Waals surface area contributed by atoms with E-state index in [1.807, 2.05) is 48.8 Å². The van der Waals surface area contributed by atoms with Gasteiger partial charge in [-0.3, -0.25) is 15.0 Å². The molecule has 22 heavy (non-hydrogen) atoms. The summed E-state index contributed by atoms with van der Waals surface area (Å²) < 4.78 is 0. The zero-order valence-electron chi connectivity index (χ0n) is 13.1. The van der Waals surface area contributed by atoms with Crippen LogP contribution in [-0.2, 0) is 12.8 Å². The number of aryl methyl sites for hydroxylation is 2. The highest BCUT2D eigenvalue weighted by Crippen LogP contribution is 2.10. The SMILES string of the molecule is CCc1cncc(CC)c1.c1ccc(-c2ccccn2)nc1. The number of pyridine rings is 3. The maximum atomic E-state index is 4.19. The lowest BCUT2D eigenvalue weighted by Crippen LogP contribution is -1.86. The first-order valence-corrected chi connectivity index (χ1v) is 7.58. The van der Waals surface area contributed by atoms with Crippen LogP contribution in [-0.4, -0.2) is 15.0 Å². The van der Waals surface area contributed by atoms with Crippen molar-refractivity contribution in [2.45, 2.75) is 26.7 Å².